The molecule has 0 saturated heterocycles. The first-order valence-corrected chi connectivity index (χ1v) is 4.78. The maximum Gasteiger partial charge on any atom is 0.0785 e. The number of hydrogen-bond donors (Lipinski definition) is 0. The van der Waals surface area contributed by atoms with Gasteiger partial charge < -0.3 is 0 Å². The zero-order valence-corrected chi connectivity index (χ0v) is 7.91. The van der Waals surface area contributed by atoms with Crippen molar-refractivity contribution in [3.8, 4) is 6.07 Å². The lowest BCUT2D eigenvalue weighted by Crippen LogP contribution is -2.12. The summed E-state index contributed by atoms with van der Waals surface area (Å²) in [6.45, 7) is 0. The van der Waals surface area contributed by atoms with Crippen LogP contribution in [0.5, 0.6) is 0 Å². The van der Waals surface area contributed by atoms with Crippen LogP contribution in [0.1, 0.15) is 25.3 Å². The molecule has 2 atom stereocenters. The molecule has 13 heavy (non-hydrogen) atoms. The molecule has 0 N–H and O–H groups in total. The van der Waals surface area contributed by atoms with Crippen LogP contribution < -0.4 is 0 Å². The van der Waals surface area contributed by atoms with Crippen LogP contribution >= 0.6 is 11.6 Å². The zero-order chi connectivity index (χ0) is 9.26. The van der Waals surface area contributed by atoms with Gasteiger partial charge >= 0.3 is 0 Å². The van der Waals surface area contributed by atoms with Crippen molar-refractivity contribution < 1.29 is 0 Å². The van der Waals surface area contributed by atoms with Gasteiger partial charge in [0.25, 0.3) is 0 Å². The van der Waals surface area contributed by atoms with Gasteiger partial charge in [-0.1, -0.05) is 11.6 Å². The van der Waals surface area contributed by atoms with E-state index in [-0.39, 0.29) is 12.0 Å². The van der Waals surface area contributed by atoms with Crippen LogP contribution in [0.3, 0.4) is 0 Å². The monoisotopic (exact) mass is 195 g/mol. The van der Waals surface area contributed by atoms with Gasteiger partial charge in [-0.3, -0.25) is 4.68 Å². The van der Waals surface area contributed by atoms with Crippen molar-refractivity contribution in [2.24, 2.45) is 5.92 Å². The van der Waals surface area contributed by atoms with Crippen molar-refractivity contribution in [1.82, 2.24) is 9.78 Å². The highest BCUT2D eigenvalue weighted by molar-refractivity contribution is 6.30. The molecule has 1 aromatic heterocycles. The Morgan fingerprint density at radius 3 is 3.08 bits per heavy atom. The third-order valence-electron chi connectivity index (χ3n) is 2.56. The van der Waals surface area contributed by atoms with Crippen LogP contribution in [0.2, 0.25) is 5.02 Å². The van der Waals surface area contributed by atoms with Crippen molar-refractivity contribution in [2.75, 3.05) is 0 Å². The highest BCUT2D eigenvalue weighted by Gasteiger charge is 2.28. The molecule has 3 nitrogen and oxygen atoms in total. The molecule has 0 bridgehead atoms. The van der Waals surface area contributed by atoms with E-state index in [9.17, 15) is 0 Å². The molecule has 0 aromatic carbocycles. The number of nitriles is 1. The van der Waals surface area contributed by atoms with Gasteiger partial charge in [-0.15, -0.1) is 0 Å². The smallest absolute Gasteiger partial charge is 0.0785 e. The summed E-state index contributed by atoms with van der Waals surface area (Å²) in [5.74, 6) is 0.107. The first-order valence-electron chi connectivity index (χ1n) is 4.40. The highest BCUT2D eigenvalue weighted by atomic mass is 35.5. The summed E-state index contributed by atoms with van der Waals surface area (Å²) in [5, 5.41) is 13.7. The maximum absolute atomic E-state index is 8.88. The van der Waals surface area contributed by atoms with E-state index in [1.54, 1.807) is 12.4 Å². The molecule has 0 aliphatic heterocycles. The molecule has 1 aliphatic carbocycles. The molecule has 2 unspecified atom stereocenters. The standard InChI is InChI=1S/C9H10ClN3/c10-8-5-12-13(6-8)9-3-1-2-7(9)4-11/h5-7,9H,1-3H2. The highest BCUT2D eigenvalue weighted by Crippen LogP contribution is 2.34. The number of nitrogens with zero attached hydrogens (tertiary/aromatic N) is 3. The Kier molecular flexibility index (Phi) is 2.24. The van der Waals surface area contributed by atoms with Crippen molar-refractivity contribution in [3.05, 3.63) is 17.4 Å². The Bertz CT molecular complexity index is 339. The first kappa shape index (κ1) is 8.58. The fourth-order valence-electron chi connectivity index (χ4n) is 1.90. The topological polar surface area (TPSA) is 41.6 Å². The second kappa shape index (κ2) is 3.39. The van der Waals surface area contributed by atoms with Crippen molar-refractivity contribution >= 4 is 11.6 Å². The van der Waals surface area contributed by atoms with Gasteiger partial charge in [-0.2, -0.15) is 10.4 Å². The number of aromatic nitrogens is 2. The van der Waals surface area contributed by atoms with E-state index in [4.69, 9.17) is 16.9 Å². The minimum atomic E-state index is 0.107. The van der Waals surface area contributed by atoms with Gasteiger partial charge in [0, 0.05) is 6.20 Å². The van der Waals surface area contributed by atoms with Crippen LogP contribution in [-0.4, -0.2) is 9.78 Å². The lowest BCUT2D eigenvalue weighted by Gasteiger charge is -2.12. The molecule has 1 fully saturated rings. The van der Waals surface area contributed by atoms with Crippen LogP contribution in [0, 0.1) is 17.2 Å². The normalized spacial score (nSPS) is 27.4. The Morgan fingerprint density at radius 1 is 1.62 bits per heavy atom. The summed E-state index contributed by atoms with van der Waals surface area (Å²) in [7, 11) is 0. The van der Waals surface area contributed by atoms with Crippen LogP contribution in [0.4, 0.5) is 0 Å². The molecule has 0 spiro atoms. The SMILES string of the molecule is N#CC1CCCC1n1cc(Cl)cn1. The van der Waals surface area contributed by atoms with E-state index in [0.717, 1.165) is 19.3 Å². The predicted octanol–water partition coefficient (Wildman–Crippen LogP) is 2.40. The van der Waals surface area contributed by atoms with Crippen molar-refractivity contribution in [2.45, 2.75) is 25.3 Å². The van der Waals surface area contributed by atoms with Gasteiger partial charge in [0.2, 0.25) is 0 Å². The largest absolute Gasteiger partial charge is 0.267 e. The molecule has 1 heterocycles. The van der Waals surface area contributed by atoms with Crippen molar-refractivity contribution in [3.63, 3.8) is 0 Å². The lowest BCUT2D eigenvalue weighted by molar-refractivity contribution is 0.409. The summed E-state index contributed by atoms with van der Waals surface area (Å²) in [4.78, 5) is 0. The van der Waals surface area contributed by atoms with Gasteiger partial charge in [0.1, 0.15) is 0 Å². The van der Waals surface area contributed by atoms with E-state index in [0.29, 0.717) is 5.02 Å². The van der Waals surface area contributed by atoms with Crippen molar-refractivity contribution in [1.29, 1.82) is 5.26 Å². The van der Waals surface area contributed by atoms with Gasteiger partial charge in [-0.25, -0.2) is 0 Å². The molecule has 1 aliphatic rings. The third-order valence-corrected chi connectivity index (χ3v) is 2.75. The quantitative estimate of drug-likeness (QED) is 0.691. The second-order valence-electron chi connectivity index (χ2n) is 3.37. The second-order valence-corrected chi connectivity index (χ2v) is 3.81. The summed E-state index contributed by atoms with van der Waals surface area (Å²) >= 11 is 5.76. The molecular weight excluding hydrogens is 186 g/mol. The van der Waals surface area contributed by atoms with E-state index in [2.05, 4.69) is 11.2 Å². The molecule has 1 saturated carbocycles. The average molecular weight is 196 g/mol. The lowest BCUT2D eigenvalue weighted by atomic mass is 10.1. The predicted molar refractivity (Wildman–Crippen MR) is 49.2 cm³/mol. The molecular formula is C9H10ClN3. The first-order chi connectivity index (χ1) is 6.31. The Labute approximate surface area is 81.9 Å². The zero-order valence-electron chi connectivity index (χ0n) is 7.15. The third kappa shape index (κ3) is 1.54. The van der Waals surface area contributed by atoms with E-state index < -0.39 is 0 Å². The number of hydrogen-bond acceptors (Lipinski definition) is 2. The van der Waals surface area contributed by atoms with Gasteiger partial charge in [-0.05, 0) is 19.3 Å². The summed E-state index contributed by atoms with van der Waals surface area (Å²) in [5.41, 5.74) is 0. The molecule has 68 valence electrons. The average Bonchev–Trinajstić information content (AvgIpc) is 2.71. The Hall–Kier alpha value is -1.01. The molecule has 2 rings (SSSR count). The summed E-state index contributed by atoms with van der Waals surface area (Å²) < 4.78 is 1.82. The fraction of sp³-hybridized carbons (Fsp3) is 0.556. The minimum absolute atomic E-state index is 0.107. The van der Waals surface area contributed by atoms with E-state index >= 15 is 0 Å². The molecule has 0 amide bonds. The maximum atomic E-state index is 8.88. The fourth-order valence-corrected chi connectivity index (χ4v) is 2.05. The van der Waals surface area contributed by atoms with Crippen LogP contribution in [0.25, 0.3) is 0 Å². The molecule has 4 heteroatoms. The summed E-state index contributed by atoms with van der Waals surface area (Å²) in [6.07, 6.45) is 6.55. The Morgan fingerprint density at radius 2 is 2.46 bits per heavy atom. The van der Waals surface area contributed by atoms with Gasteiger partial charge in [0.05, 0.1) is 29.2 Å². The minimum Gasteiger partial charge on any atom is -0.267 e. The molecule has 0 radical (unpaired) electrons. The van der Waals surface area contributed by atoms with E-state index in [1.807, 2.05) is 4.68 Å². The number of rotatable bonds is 1. The summed E-state index contributed by atoms with van der Waals surface area (Å²) in [6, 6.07) is 2.55. The van der Waals surface area contributed by atoms with Crippen LogP contribution in [-0.2, 0) is 0 Å². The van der Waals surface area contributed by atoms with Gasteiger partial charge in [0.15, 0.2) is 0 Å². The van der Waals surface area contributed by atoms with E-state index in [1.165, 1.54) is 0 Å². The van der Waals surface area contributed by atoms with Crippen LogP contribution in [0.15, 0.2) is 12.4 Å². The number of halogens is 1. The molecule has 1 aromatic rings. The Balaban J connectivity index is 2.21.